The van der Waals surface area contributed by atoms with Gasteiger partial charge in [0.15, 0.2) is 11.6 Å². The Kier molecular flexibility index (Phi) is 5.70. The maximum Gasteiger partial charge on any atom is 0.320 e. The minimum absolute atomic E-state index is 0.000225. The van der Waals surface area contributed by atoms with Gasteiger partial charge in [0.05, 0.1) is 17.5 Å². The molecule has 214 valence electrons. The van der Waals surface area contributed by atoms with Crippen molar-refractivity contribution < 1.29 is 13.5 Å². The van der Waals surface area contributed by atoms with Crippen LogP contribution < -0.4 is 25.6 Å². The lowest BCUT2D eigenvalue weighted by molar-refractivity contribution is 0.0288. The van der Waals surface area contributed by atoms with Crippen molar-refractivity contribution >= 4 is 28.0 Å². The molecule has 3 aliphatic heterocycles. The average Bonchev–Trinajstić information content (AvgIpc) is 3.24. The molecule has 3 fully saturated rings. The number of hydrogen-bond acceptors (Lipinski definition) is 11. The fraction of sp³-hybridized carbons (Fsp3) is 0.571. The normalized spacial score (nSPS) is 26.2. The van der Waals surface area contributed by atoms with Crippen LogP contribution in [0, 0.1) is 28.1 Å². The Morgan fingerprint density at radius 3 is 2.54 bits per heavy atom. The van der Waals surface area contributed by atoms with Crippen LogP contribution in [0.25, 0.3) is 0 Å². The van der Waals surface area contributed by atoms with Gasteiger partial charge in [0, 0.05) is 54.6 Å². The number of nitrogen functional groups attached to an aromatic ring is 1. The van der Waals surface area contributed by atoms with Crippen LogP contribution in [0.2, 0.25) is 0 Å². The van der Waals surface area contributed by atoms with Crippen molar-refractivity contribution in [2.45, 2.75) is 43.1 Å². The third kappa shape index (κ3) is 4.01. The molecule has 2 aliphatic carbocycles. The van der Waals surface area contributed by atoms with Gasteiger partial charge < -0.3 is 30.5 Å². The summed E-state index contributed by atoms with van der Waals surface area (Å²) in [6.45, 7) is 2.34. The lowest BCUT2D eigenvalue weighted by Crippen LogP contribution is -2.59. The van der Waals surface area contributed by atoms with Crippen LogP contribution >= 0.6 is 11.3 Å². The van der Waals surface area contributed by atoms with Gasteiger partial charge in [0.2, 0.25) is 0 Å². The zero-order valence-electron chi connectivity index (χ0n) is 23.0. The van der Waals surface area contributed by atoms with Crippen molar-refractivity contribution in [3.05, 3.63) is 33.3 Å². The van der Waals surface area contributed by atoms with Gasteiger partial charge in [0.1, 0.15) is 29.3 Å². The van der Waals surface area contributed by atoms with E-state index < -0.39 is 11.3 Å². The predicted molar refractivity (Wildman–Crippen MR) is 150 cm³/mol. The van der Waals surface area contributed by atoms with Crippen molar-refractivity contribution in [1.82, 2.24) is 20.2 Å². The molecule has 5 heterocycles. The number of nitrogens with zero attached hydrogens (tertiary/aromatic N) is 7. The SMILES string of the molecule is CN(C)CC1(COc2nc(N3CC4=CCC(C3)N4)c(C#N)c(N3CC4(CCc5sc(N)c(C#N)c54)C3)n2)CC1(F)F. The number of anilines is 3. The molecular formula is C28H31F2N9OS. The fourth-order valence-corrected chi connectivity index (χ4v) is 8.31. The Labute approximate surface area is 241 Å². The van der Waals surface area contributed by atoms with Crippen LogP contribution in [0.15, 0.2) is 11.8 Å². The Hall–Kier alpha value is -3.68. The number of aryl methyl sites for hydroxylation is 1. The number of nitrogens with two attached hydrogens (primary N) is 1. The molecule has 2 saturated heterocycles. The van der Waals surface area contributed by atoms with Crippen molar-refractivity contribution in [3.8, 4) is 18.1 Å². The number of hydrogen-bond donors (Lipinski definition) is 2. The molecule has 2 aromatic heterocycles. The van der Waals surface area contributed by atoms with E-state index >= 15 is 0 Å². The van der Waals surface area contributed by atoms with E-state index in [1.807, 2.05) is 4.90 Å². The Morgan fingerprint density at radius 2 is 1.90 bits per heavy atom. The van der Waals surface area contributed by atoms with Gasteiger partial charge in [0.25, 0.3) is 5.92 Å². The molecule has 2 aromatic rings. The highest BCUT2D eigenvalue weighted by Crippen LogP contribution is 2.61. The van der Waals surface area contributed by atoms with E-state index in [9.17, 15) is 19.3 Å². The maximum atomic E-state index is 14.5. The topological polar surface area (TPSA) is 130 Å². The van der Waals surface area contributed by atoms with Crippen molar-refractivity contribution in [3.63, 3.8) is 0 Å². The molecule has 7 rings (SSSR count). The Morgan fingerprint density at radius 1 is 1.20 bits per heavy atom. The number of nitriles is 2. The molecule has 13 heteroatoms. The summed E-state index contributed by atoms with van der Waals surface area (Å²) in [6.07, 6.45) is 4.59. The molecule has 1 saturated carbocycles. The molecule has 2 atom stereocenters. The summed E-state index contributed by atoms with van der Waals surface area (Å²) >= 11 is 1.49. The van der Waals surface area contributed by atoms with E-state index in [-0.39, 0.29) is 37.0 Å². The standard InChI is InChI=1S/C28H31F2N9OS/c1-37(2)14-27(11-28(27,29)30)15-40-25-35-23(38-9-16-3-4-17(10-38)34-16)19(8-32)24(36-25)39-12-26(13-39)6-5-20-21(26)18(7-31)22(33)41-20/h3,17,34H,4-6,9-15,33H2,1-2H3. The van der Waals surface area contributed by atoms with Crippen LogP contribution in [0.1, 0.15) is 40.8 Å². The first kappa shape index (κ1) is 26.2. The zero-order chi connectivity index (χ0) is 28.7. The molecule has 41 heavy (non-hydrogen) atoms. The minimum atomic E-state index is -2.81. The van der Waals surface area contributed by atoms with E-state index in [1.165, 1.54) is 11.3 Å². The van der Waals surface area contributed by atoms with E-state index in [2.05, 4.69) is 38.4 Å². The van der Waals surface area contributed by atoms with Gasteiger partial charge in [-0.2, -0.15) is 20.5 Å². The summed E-state index contributed by atoms with van der Waals surface area (Å²) in [4.78, 5) is 16.3. The second kappa shape index (κ2) is 8.91. The van der Waals surface area contributed by atoms with Crippen LogP contribution in [0.3, 0.4) is 0 Å². The number of thiophene rings is 1. The highest BCUT2D eigenvalue weighted by molar-refractivity contribution is 7.16. The third-order valence-electron chi connectivity index (χ3n) is 9.18. The van der Waals surface area contributed by atoms with E-state index in [0.29, 0.717) is 53.9 Å². The van der Waals surface area contributed by atoms with E-state index in [4.69, 9.17) is 10.5 Å². The number of rotatable bonds is 7. The largest absolute Gasteiger partial charge is 0.462 e. The lowest BCUT2D eigenvalue weighted by atomic mass is 9.74. The first-order valence-electron chi connectivity index (χ1n) is 13.8. The molecule has 2 bridgehead atoms. The number of nitrogens with one attached hydrogen (secondary N) is 1. The summed E-state index contributed by atoms with van der Waals surface area (Å²) in [7, 11) is 3.54. The molecule has 3 N–H and O–H groups in total. The minimum Gasteiger partial charge on any atom is -0.462 e. The summed E-state index contributed by atoms with van der Waals surface area (Å²) in [5, 5.41) is 24.2. The summed E-state index contributed by atoms with van der Waals surface area (Å²) in [5.74, 6) is -1.91. The molecule has 0 radical (unpaired) electrons. The second-order valence-electron chi connectivity index (χ2n) is 12.4. The number of alkyl halides is 2. The monoisotopic (exact) mass is 579 g/mol. The molecular weight excluding hydrogens is 548 g/mol. The number of halogens is 2. The lowest BCUT2D eigenvalue weighted by Gasteiger charge is -2.49. The Balaban J connectivity index is 1.22. The van der Waals surface area contributed by atoms with Gasteiger partial charge in [-0.15, -0.1) is 11.3 Å². The number of fused-ring (bicyclic) bond motifs is 4. The summed E-state index contributed by atoms with van der Waals surface area (Å²) in [5.41, 5.74) is 7.67. The third-order valence-corrected chi connectivity index (χ3v) is 10.3. The molecule has 0 amide bonds. The molecule has 1 spiro atoms. The van der Waals surface area contributed by atoms with Crippen molar-refractivity contribution in [2.24, 2.45) is 5.41 Å². The second-order valence-corrected chi connectivity index (χ2v) is 13.5. The fourth-order valence-electron chi connectivity index (χ4n) is 7.17. The highest BCUT2D eigenvalue weighted by atomic mass is 32.1. The van der Waals surface area contributed by atoms with Crippen LogP contribution in [0.4, 0.5) is 25.4 Å². The number of ether oxygens (including phenoxy) is 1. The predicted octanol–water partition coefficient (Wildman–Crippen LogP) is 2.60. The molecule has 10 nitrogen and oxygen atoms in total. The average molecular weight is 580 g/mol. The van der Waals surface area contributed by atoms with Gasteiger partial charge in [-0.25, -0.2) is 8.78 Å². The van der Waals surface area contributed by atoms with Gasteiger partial charge in [-0.05, 0) is 38.9 Å². The first-order valence-corrected chi connectivity index (χ1v) is 14.6. The van der Waals surface area contributed by atoms with Crippen LogP contribution in [0.5, 0.6) is 6.01 Å². The van der Waals surface area contributed by atoms with Gasteiger partial charge in [-0.1, -0.05) is 6.08 Å². The smallest absolute Gasteiger partial charge is 0.320 e. The number of aromatic nitrogens is 2. The quantitative estimate of drug-likeness (QED) is 0.505. The summed E-state index contributed by atoms with van der Waals surface area (Å²) in [6, 6.07) is 4.85. The van der Waals surface area contributed by atoms with Crippen molar-refractivity contribution in [2.75, 3.05) is 69.0 Å². The van der Waals surface area contributed by atoms with Crippen LogP contribution in [-0.4, -0.2) is 80.3 Å². The molecule has 2 unspecified atom stereocenters. The Bertz CT molecular complexity index is 1550. The van der Waals surface area contributed by atoms with Crippen LogP contribution in [-0.2, 0) is 11.8 Å². The summed E-state index contributed by atoms with van der Waals surface area (Å²) < 4.78 is 34.9. The first-order chi connectivity index (χ1) is 19.6. The molecule has 5 aliphatic rings. The van der Waals surface area contributed by atoms with Crippen molar-refractivity contribution in [1.29, 1.82) is 10.5 Å². The maximum absolute atomic E-state index is 14.5. The molecule has 0 aromatic carbocycles. The van der Waals surface area contributed by atoms with Gasteiger partial charge >= 0.3 is 6.01 Å². The van der Waals surface area contributed by atoms with E-state index in [0.717, 1.165) is 35.4 Å². The highest BCUT2D eigenvalue weighted by Gasteiger charge is 2.71. The zero-order valence-corrected chi connectivity index (χ0v) is 23.8. The van der Waals surface area contributed by atoms with E-state index in [1.54, 1.807) is 19.0 Å². The number of piperazine rings is 1. The van der Waals surface area contributed by atoms with Gasteiger partial charge in [-0.3, -0.25) is 0 Å².